The van der Waals surface area contributed by atoms with Gasteiger partial charge in [-0.05, 0) is 66.7 Å². The fourth-order valence-corrected chi connectivity index (χ4v) is 4.98. The second kappa shape index (κ2) is 11.9. The van der Waals surface area contributed by atoms with Gasteiger partial charge in [-0.2, -0.15) is 15.1 Å². The molecule has 0 fully saturated rings. The van der Waals surface area contributed by atoms with E-state index in [4.69, 9.17) is 42.8 Å². The van der Waals surface area contributed by atoms with Crippen molar-refractivity contribution < 1.29 is 19.0 Å². The molecule has 0 saturated heterocycles. The molecule has 0 unspecified atom stereocenters. The Hall–Kier alpha value is -3.79. The first-order valence-corrected chi connectivity index (χ1v) is 13.5. The van der Waals surface area contributed by atoms with E-state index in [0.29, 0.717) is 49.7 Å². The van der Waals surface area contributed by atoms with Gasteiger partial charge in [-0.1, -0.05) is 53.5 Å². The molecule has 2 aliphatic rings. The predicted octanol–water partition coefficient (Wildman–Crippen LogP) is 6.67. The Kier molecular flexibility index (Phi) is 8.21. The topological polar surface area (TPSA) is 96.6 Å². The number of nitrogens with zero attached hydrogens (tertiary/aromatic N) is 3. The molecule has 0 saturated carbocycles. The summed E-state index contributed by atoms with van der Waals surface area (Å²) >= 11 is 13.4. The van der Waals surface area contributed by atoms with Crippen LogP contribution in [0.3, 0.4) is 0 Å². The highest BCUT2D eigenvalue weighted by atomic mass is 35.5. The van der Waals surface area contributed by atoms with Crippen LogP contribution < -0.4 is 14.2 Å². The Morgan fingerprint density at radius 3 is 2.56 bits per heavy atom. The second-order valence-electron chi connectivity index (χ2n) is 8.28. The molecule has 0 bridgehead atoms. The van der Waals surface area contributed by atoms with E-state index in [0.717, 1.165) is 5.56 Å². The van der Waals surface area contributed by atoms with Crippen LogP contribution in [0.5, 0.6) is 17.2 Å². The molecule has 3 aromatic carbocycles. The third kappa shape index (κ3) is 6.27. The van der Waals surface area contributed by atoms with E-state index in [1.165, 1.54) is 16.8 Å². The molecule has 1 amide bonds. The summed E-state index contributed by atoms with van der Waals surface area (Å²) in [6.07, 6.45) is 1.59. The largest absolute Gasteiger partial charge is 0.490 e. The van der Waals surface area contributed by atoms with Crippen molar-refractivity contribution in [2.75, 3.05) is 13.2 Å². The van der Waals surface area contributed by atoms with Gasteiger partial charge in [0.1, 0.15) is 24.0 Å². The minimum Gasteiger partial charge on any atom is -0.490 e. The summed E-state index contributed by atoms with van der Waals surface area (Å²) in [6.45, 7) is 2.70. The van der Waals surface area contributed by atoms with Gasteiger partial charge in [0, 0.05) is 15.6 Å². The number of nitrogens with one attached hydrogen (secondary N) is 1. The van der Waals surface area contributed by atoms with Crippen LogP contribution in [0.15, 0.2) is 82.4 Å². The molecule has 5 rings (SSSR count). The Labute approximate surface area is 239 Å². The number of amidine groups is 2. The van der Waals surface area contributed by atoms with Crippen LogP contribution in [-0.2, 0) is 11.4 Å². The van der Waals surface area contributed by atoms with Gasteiger partial charge < -0.3 is 14.2 Å². The number of ether oxygens (including phenoxy) is 3. The third-order valence-corrected chi connectivity index (χ3v) is 7.05. The molecule has 2 heterocycles. The van der Waals surface area contributed by atoms with E-state index in [1.54, 1.807) is 42.5 Å². The van der Waals surface area contributed by atoms with Crippen LogP contribution in [0.1, 0.15) is 18.1 Å². The van der Waals surface area contributed by atoms with Crippen LogP contribution in [0.25, 0.3) is 6.08 Å². The number of halogens is 2. The lowest BCUT2D eigenvalue weighted by molar-refractivity contribution is -0.114. The van der Waals surface area contributed by atoms with E-state index in [2.05, 4.69) is 10.1 Å². The summed E-state index contributed by atoms with van der Waals surface area (Å²) in [5, 5.41) is 16.4. The average molecular weight is 581 g/mol. The number of amides is 1. The second-order valence-corrected chi connectivity index (χ2v) is 10.2. The Morgan fingerprint density at radius 2 is 1.79 bits per heavy atom. The molecule has 0 aromatic heterocycles. The summed E-state index contributed by atoms with van der Waals surface area (Å²) in [5.74, 6) is 1.12. The van der Waals surface area contributed by atoms with Crippen molar-refractivity contribution in [3.05, 3.63) is 93.5 Å². The van der Waals surface area contributed by atoms with E-state index in [-0.39, 0.29) is 24.6 Å². The number of benzene rings is 3. The van der Waals surface area contributed by atoms with Gasteiger partial charge >= 0.3 is 0 Å². The van der Waals surface area contributed by atoms with Crippen molar-refractivity contribution in [2.45, 2.75) is 13.5 Å². The smallest absolute Gasteiger partial charge is 0.283 e. The maximum absolute atomic E-state index is 12.8. The number of carbonyl (C=O) groups excluding carboxylic acids is 1. The fraction of sp³-hybridized carbons (Fsp3) is 0.143. The molecule has 1 N–H and O–H groups in total. The van der Waals surface area contributed by atoms with Crippen molar-refractivity contribution in [3.63, 3.8) is 0 Å². The molecule has 0 spiro atoms. The van der Waals surface area contributed by atoms with Crippen LogP contribution in [0.4, 0.5) is 0 Å². The summed E-state index contributed by atoms with van der Waals surface area (Å²) in [6, 6.07) is 19.8. The first-order chi connectivity index (χ1) is 18.9. The van der Waals surface area contributed by atoms with Gasteiger partial charge in [-0.25, -0.2) is 0 Å². The van der Waals surface area contributed by atoms with Gasteiger partial charge in [-0.3, -0.25) is 10.2 Å². The van der Waals surface area contributed by atoms with Gasteiger partial charge in [0.25, 0.3) is 5.91 Å². The molecule has 0 atom stereocenters. The highest BCUT2D eigenvalue weighted by molar-refractivity contribution is 8.27. The molecule has 11 heteroatoms. The Balaban J connectivity index is 1.32. The number of fused-ring (bicyclic) bond motifs is 1. The highest BCUT2D eigenvalue weighted by Crippen LogP contribution is 2.33. The number of carbonyl (C=O) groups is 1. The fourth-order valence-electron chi connectivity index (χ4n) is 3.71. The van der Waals surface area contributed by atoms with Gasteiger partial charge in [0.2, 0.25) is 5.17 Å². The lowest BCUT2D eigenvalue weighted by Crippen LogP contribution is -2.35. The molecule has 0 radical (unpaired) electrons. The van der Waals surface area contributed by atoms with Crippen molar-refractivity contribution >= 4 is 63.0 Å². The monoisotopic (exact) mass is 580 g/mol. The molecular formula is C28H22Cl2N4O4S. The normalized spacial score (nSPS) is 15.7. The minimum absolute atomic E-state index is 0.0668. The van der Waals surface area contributed by atoms with Crippen molar-refractivity contribution in [2.24, 2.45) is 10.1 Å². The van der Waals surface area contributed by atoms with Crippen LogP contribution in [0.2, 0.25) is 10.0 Å². The number of hydrogen-bond donors (Lipinski definition) is 1. The van der Waals surface area contributed by atoms with E-state index >= 15 is 0 Å². The summed E-state index contributed by atoms with van der Waals surface area (Å²) < 4.78 is 17.5. The number of hydrogen-bond acceptors (Lipinski definition) is 7. The standard InChI is InChI=1S/C28H22Cl2N4O4S/c1-2-36-24-13-17(8-11-23(24)38-15-18-9-10-19(29)14-22(18)30)12-21-26(31)34-28(32-27(21)35)39-25(33-34)16-37-20-6-4-3-5-7-20/h3-14,31H,2,15-16H2,1H3/b21-12+,31-26?. The lowest BCUT2D eigenvalue weighted by atomic mass is 10.1. The number of rotatable bonds is 9. The zero-order valence-corrected chi connectivity index (χ0v) is 23.0. The van der Waals surface area contributed by atoms with Crippen LogP contribution >= 0.6 is 35.0 Å². The average Bonchev–Trinajstić information content (AvgIpc) is 3.34. The quantitative estimate of drug-likeness (QED) is 0.284. The zero-order chi connectivity index (χ0) is 27.4. The maximum atomic E-state index is 12.8. The lowest BCUT2D eigenvalue weighted by Gasteiger charge is -2.20. The first kappa shape index (κ1) is 26.8. The number of para-hydroxylation sites is 1. The van der Waals surface area contributed by atoms with Crippen LogP contribution in [-0.4, -0.2) is 40.2 Å². The zero-order valence-electron chi connectivity index (χ0n) is 20.7. The van der Waals surface area contributed by atoms with Gasteiger partial charge in [-0.15, -0.1) is 0 Å². The highest BCUT2D eigenvalue weighted by Gasteiger charge is 2.35. The number of hydrazone groups is 1. The van der Waals surface area contributed by atoms with Crippen molar-refractivity contribution in [3.8, 4) is 17.2 Å². The van der Waals surface area contributed by atoms with Crippen LogP contribution in [0, 0.1) is 5.41 Å². The number of aliphatic imine (C=N–C) groups is 1. The molecule has 198 valence electrons. The van der Waals surface area contributed by atoms with E-state index in [9.17, 15) is 4.79 Å². The van der Waals surface area contributed by atoms with Gasteiger partial charge in [0.15, 0.2) is 17.3 Å². The summed E-state index contributed by atoms with van der Waals surface area (Å²) in [5.41, 5.74) is 1.53. The minimum atomic E-state index is -0.519. The summed E-state index contributed by atoms with van der Waals surface area (Å²) in [4.78, 5) is 17.0. The van der Waals surface area contributed by atoms with E-state index in [1.807, 2.05) is 37.3 Å². The molecule has 0 aliphatic carbocycles. The summed E-state index contributed by atoms with van der Waals surface area (Å²) in [7, 11) is 0. The maximum Gasteiger partial charge on any atom is 0.283 e. The Bertz CT molecular complexity index is 1530. The third-order valence-electron chi connectivity index (χ3n) is 5.58. The number of thioether (sulfide) groups is 1. The molecule has 8 nitrogen and oxygen atoms in total. The first-order valence-electron chi connectivity index (χ1n) is 11.9. The Morgan fingerprint density at radius 1 is 0.974 bits per heavy atom. The molecular weight excluding hydrogens is 559 g/mol. The predicted molar refractivity (Wildman–Crippen MR) is 155 cm³/mol. The van der Waals surface area contributed by atoms with E-state index < -0.39 is 5.91 Å². The molecule has 39 heavy (non-hydrogen) atoms. The van der Waals surface area contributed by atoms with Gasteiger partial charge in [0.05, 0.1) is 12.2 Å². The SMILES string of the molecule is CCOc1cc(/C=C2\C(=N)N3N=C(COc4ccccc4)SC3=NC2=O)ccc1OCc1ccc(Cl)cc1Cl. The van der Waals surface area contributed by atoms with Crippen molar-refractivity contribution in [1.82, 2.24) is 5.01 Å². The molecule has 3 aromatic rings. The van der Waals surface area contributed by atoms with Crippen molar-refractivity contribution in [1.29, 1.82) is 5.41 Å². The molecule has 2 aliphatic heterocycles.